The first-order chi connectivity index (χ1) is 14.6. The molecule has 0 bridgehead atoms. The topological polar surface area (TPSA) is 74.3 Å². The minimum absolute atomic E-state index is 0.0517. The summed E-state index contributed by atoms with van der Waals surface area (Å²) < 4.78 is 20.8. The molecule has 0 saturated carbocycles. The van der Waals surface area contributed by atoms with E-state index in [9.17, 15) is 9.59 Å². The standard InChI is InChI=1S/C23H21NO6/c1-27-18-7-6-8-19(15-18)30-17-12-10-16(11-13-17)24-14-5-4-9-20(22(25)28-2)21(24)23(26)29-3/h4-15H,1-3H3. The van der Waals surface area contributed by atoms with Gasteiger partial charge in [-0.05, 0) is 48.6 Å². The molecule has 1 heterocycles. The first-order valence-electron chi connectivity index (χ1n) is 9.04. The summed E-state index contributed by atoms with van der Waals surface area (Å²) in [5.74, 6) is 0.612. The van der Waals surface area contributed by atoms with Crippen LogP contribution in [0.4, 0.5) is 5.69 Å². The van der Waals surface area contributed by atoms with E-state index in [4.69, 9.17) is 18.9 Å². The number of benzene rings is 2. The highest BCUT2D eigenvalue weighted by molar-refractivity contribution is 6.05. The van der Waals surface area contributed by atoms with Gasteiger partial charge in [0, 0.05) is 18.0 Å². The van der Waals surface area contributed by atoms with Crippen LogP contribution in [0.3, 0.4) is 0 Å². The number of esters is 2. The molecule has 0 amide bonds. The van der Waals surface area contributed by atoms with Gasteiger partial charge in [0.2, 0.25) is 0 Å². The maximum atomic E-state index is 12.5. The van der Waals surface area contributed by atoms with Crippen molar-refractivity contribution in [3.05, 3.63) is 84.2 Å². The monoisotopic (exact) mass is 407 g/mol. The van der Waals surface area contributed by atoms with E-state index in [1.54, 1.807) is 60.7 Å². The fraction of sp³-hybridized carbons (Fsp3) is 0.130. The Bertz CT molecular complexity index is 1020. The van der Waals surface area contributed by atoms with Crippen molar-refractivity contribution in [3.8, 4) is 17.2 Å². The molecule has 2 aromatic rings. The minimum atomic E-state index is -0.664. The quantitative estimate of drug-likeness (QED) is 0.671. The van der Waals surface area contributed by atoms with Gasteiger partial charge in [-0.25, -0.2) is 9.59 Å². The van der Waals surface area contributed by atoms with Gasteiger partial charge in [0.1, 0.15) is 22.9 Å². The molecule has 0 N–H and O–H groups in total. The molecule has 0 aliphatic carbocycles. The smallest absolute Gasteiger partial charge is 0.355 e. The number of carbonyl (C=O) groups excluding carboxylic acids is 2. The van der Waals surface area contributed by atoms with Gasteiger partial charge in [-0.1, -0.05) is 12.1 Å². The number of anilines is 1. The second-order valence-corrected chi connectivity index (χ2v) is 6.09. The first-order valence-corrected chi connectivity index (χ1v) is 9.04. The zero-order valence-corrected chi connectivity index (χ0v) is 16.8. The van der Waals surface area contributed by atoms with Crippen LogP contribution in [-0.2, 0) is 19.1 Å². The number of ether oxygens (including phenoxy) is 4. The Morgan fingerprint density at radius 3 is 2.17 bits per heavy atom. The summed E-state index contributed by atoms with van der Waals surface area (Å²) in [6, 6.07) is 14.3. The van der Waals surface area contributed by atoms with E-state index in [2.05, 4.69) is 0 Å². The number of carbonyl (C=O) groups is 2. The van der Waals surface area contributed by atoms with Crippen LogP contribution in [0.1, 0.15) is 0 Å². The van der Waals surface area contributed by atoms with Crippen molar-refractivity contribution in [3.63, 3.8) is 0 Å². The van der Waals surface area contributed by atoms with Crippen LogP contribution in [0.2, 0.25) is 0 Å². The van der Waals surface area contributed by atoms with E-state index in [0.29, 0.717) is 22.9 Å². The molecule has 1 aliphatic heterocycles. The minimum Gasteiger partial charge on any atom is -0.497 e. The molecule has 0 saturated heterocycles. The Kier molecular flexibility index (Phi) is 6.54. The van der Waals surface area contributed by atoms with Crippen LogP contribution in [0.15, 0.2) is 84.2 Å². The lowest BCUT2D eigenvalue weighted by molar-refractivity contribution is -0.139. The Hall–Kier alpha value is -4.00. The molecule has 3 rings (SSSR count). The SMILES string of the molecule is COC(=O)C1=C(C(=O)OC)N(c2ccc(Oc3cccc(OC)c3)cc2)C=CC=C1. The summed E-state index contributed by atoms with van der Waals surface area (Å²) in [5, 5.41) is 0. The molecule has 0 unspecified atom stereocenters. The second-order valence-electron chi connectivity index (χ2n) is 6.09. The molecule has 154 valence electrons. The van der Waals surface area contributed by atoms with Crippen LogP contribution < -0.4 is 14.4 Å². The van der Waals surface area contributed by atoms with Crippen molar-refractivity contribution in [2.45, 2.75) is 0 Å². The third kappa shape index (κ3) is 4.52. The Labute approximate surface area is 174 Å². The van der Waals surface area contributed by atoms with Crippen LogP contribution in [0.25, 0.3) is 0 Å². The Morgan fingerprint density at radius 1 is 0.800 bits per heavy atom. The zero-order chi connectivity index (χ0) is 21.5. The zero-order valence-electron chi connectivity index (χ0n) is 16.8. The van der Waals surface area contributed by atoms with E-state index in [1.807, 2.05) is 18.2 Å². The Morgan fingerprint density at radius 2 is 1.50 bits per heavy atom. The van der Waals surface area contributed by atoms with Crippen molar-refractivity contribution in [1.29, 1.82) is 0 Å². The molecule has 0 atom stereocenters. The van der Waals surface area contributed by atoms with Crippen LogP contribution in [-0.4, -0.2) is 33.3 Å². The average molecular weight is 407 g/mol. The highest BCUT2D eigenvalue weighted by Crippen LogP contribution is 2.30. The van der Waals surface area contributed by atoms with Crippen molar-refractivity contribution in [2.24, 2.45) is 0 Å². The van der Waals surface area contributed by atoms with Gasteiger partial charge in [0.25, 0.3) is 0 Å². The van der Waals surface area contributed by atoms with E-state index in [0.717, 1.165) is 0 Å². The lowest BCUT2D eigenvalue weighted by Crippen LogP contribution is -2.26. The fourth-order valence-corrected chi connectivity index (χ4v) is 2.84. The van der Waals surface area contributed by atoms with Crippen molar-refractivity contribution in [1.82, 2.24) is 0 Å². The molecule has 0 aromatic heterocycles. The Balaban J connectivity index is 1.93. The van der Waals surface area contributed by atoms with Crippen molar-refractivity contribution < 1.29 is 28.5 Å². The number of allylic oxidation sites excluding steroid dienone is 2. The second kappa shape index (κ2) is 9.47. The van der Waals surface area contributed by atoms with Gasteiger partial charge in [-0.3, -0.25) is 0 Å². The molecule has 7 heteroatoms. The maximum Gasteiger partial charge on any atom is 0.355 e. The van der Waals surface area contributed by atoms with E-state index in [1.165, 1.54) is 20.3 Å². The average Bonchev–Trinajstić information content (AvgIpc) is 3.01. The summed E-state index contributed by atoms with van der Waals surface area (Å²) in [7, 11) is 4.10. The van der Waals surface area contributed by atoms with E-state index >= 15 is 0 Å². The molecule has 0 spiro atoms. The summed E-state index contributed by atoms with van der Waals surface area (Å²) >= 11 is 0. The molecular formula is C23H21NO6. The molecule has 2 aromatic carbocycles. The van der Waals surface area contributed by atoms with Gasteiger partial charge >= 0.3 is 11.9 Å². The van der Waals surface area contributed by atoms with Crippen LogP contribution in [0, 0.1) is 0 Å². The number of hydrogen-bond donors (Lipinski definition) is 0. The number of hydrogen-bond acceptors (Lipinski definition) is 7. The van der Waals surface area contributed by atoms with E-state index < -0.39 is 11.9 Å². The molecule has 0 fully saturated rings. The van der Waals surface area contributed by atoms with Crippen LogP contribution >= 0.6 is 0 Å². The van der Waals surface area contributed by atoms with Gasteiger partial charge in [0.05, 0.1) is 26.9 Å². The number of nitrogens with zero attached hydrogens (tertiary/aromatic N) is 1. The van der Waals surface area contributed by atoms with Gasteiger partial charge in [-0.2, -0.15) is 0 Å². The first kappa shape index (κ1) is 20.7. The van der Waals surface area contributed by atoms with Crippen molar-refractivity contribution >= 4 is 17.6 Å². The summed E-state index contributed by atoms with van der Waals surface area (Å²) in [6.07, 6.45) is 6.53. The molecule has 7 nitrogen and oxygen atoms in total. The fourth-order valence-electron chi connectivity index (χ4n) is 2.84. The lowest BCUT2D eigenvalue weighted by Gasteiger charge is -2.23. The molecular weight excluding hydrogens is 386 g/mol. The predicted molar refractivity (Wildman–Crippen MR) is 111 cm³/mol. The normalized spacial score (nSPS) is 13.0. The van der Waals surface area contributed by atoms with Gasteiger partial charge < -0.3 is 23.8 Å². The summed E-state index contributed by atoms with van der Waals surface area (Å²) in [6.45, 7) is 0. The van der Waals surface area contributed by atoms with E-state index in [-0.39, 0.29) is 11.3 Å². The summed E-state index contributed by atoms with van der Waals surface area (Å²) in [4.78, 5) is 26.2. The third-order valence-electron chi connectivity index (χ3n) is 4.28. The summed E-state index contributed by atoms with van der Waals surface area (Å²) in [5.41, 5.74) is 0.775. The molecule has 30 heavy (non-hydrogen) atoms. The molecule has 0 radical (unpaired) electrons. The van der Waals surface area contributed by atoms with Crippen molar-refractivity contribution in [2.75, 3.05) is 26.2 Å². The highest BCUT2D eigenvalue weighted by Gasteiger charge is 2.27. The van der Waals surface area contributed by atoms with Crippen LogP contribution in [0.5, 0.6) is 17.2 Å². The maximum absolute atomic E-state index is 12.5. The van der Waals surface area contributed by atoms with Gasteiger partial charge in [-0.15, -0.1) is 0 Å². The number of methoxy groups -OCH3 is 3. The predicted octanol–water partition coefficient (Wildman–Crippen LogP) is 3.98. The number of rotatable bonds is 6. The highest BCUT2D eigenvalue weighted by atomic mass is 16.5. The van der Waals surface area contributed by atoms with Gasteiger partial charge in [0.15, 0.2) is 0 Å². The lowest BCUT2D eigenvalue weighted by atomic mass is 10.1. The largest absolute Gasteiger partial charge is 0.497 e. The molecule has 1 aliphatic rings. The third-order valence-corrected chi connectivity index (χ3v) is 4.28.